The fourth-order valence-corrected chi connectivity index (χ4v) is 5.35. The van der Waals surface area contributed by atoms with Crippen molar-refractivity contribution in [2.24, 2.45) is 0 Å². The highest BCUT2D eigenvalue weighted by atomic mass is 32.2. The van der Waals surface area contributed by atoms with Gasteiger partial charge in [-0.25, -0.2) is 23.1 Å². The van der Waals surface area contributed by atoms with Crippen LogP contribution in [-0.2, 0) is 10.0 Å². The van der Waals surface area contributed by atoms with Crippen molar-refractivity contribution in [3.63, 3.8) is 0 Å². The highest BCUT2D eigenvalue weighted by molar-refractivity contribution is 7.90. The number of nitrogens with zero attached hydrogens (tertiary/aromatic N) is 3. The molecule has 2 heterocycles. The summed E-state index contributed by atoms with van der Waals surface area (Å²) in [4.78, 5) is 22.5. The number of rotatable bonds is 5. The molecule has 7 nitrogen and oxygen atoms in total. The molecule has 2 aliphatic rings. The first-order chi connectivity index (χ1) is 13.0. The molecule has 1 aromatic heterocycles. The van der Waals surface area contributed by atoms with Crippen molar-refractivity contribution in [3.8, 4) is 11.1 Å². The molecule has 1 saturated carbocycles. The first kappa shape index (κ1) is 18.1. The molecule has 0 spiro atoms. The number of benzene rings is 1. The first-order valence-electron chi connectivity index (χ1n) is 9.19. The monoisotopic (exact) mass is 386 g/mol. The van der Waals surface area contributed by atoms with Crippen LogP contribution < -0.4 is 4.72 Å². The van der Waals surface area contributed by atoms with Gasteiger partial charge in [-0.05, 0) is 24.5 Å². The molecule has 8 heteroatoms. The molecule has 4 rings (SSSR count). The Bertz CT molecular complexity index is 921. The summed E-state index contributed by atoms with van der Waals surface area (Å²) in [5.74, 6) is -0.165. The van der Waals surface area contributed by atoms with E-state index in [0.29, 0.717) is 5.56 Å². The van der Waals surface area contributed by atoms with E-state index in [1.54, 1.807) is 29.4 Å². The van der Waals surface area contributed by atoms with Gasteiger partial charge in [-0.15, -0.1) is 0 Å². The van der Waals surface area contributed by atoms with Crippen LogP contribution in [0.25, 0.3) is 11.1 Å². The fraction of sp³-hybridized carbons (Fsp3) is 0.421. The van der Waals surface area contributed by atoms with E-state index in [-0.39, 0.29) is 25.0 Å². The first-order valence-corrected chi connectivity index (χ1v) is 10.7. The van der Waals surface area contributed by atoms with E-state index in [1.807, 2.05) is 12.1 Å². The third-order valence-corrected chi connectivity index (χ3v) is 7.13. The molecule has 2 fully saturated rings. The Morgan fingerprint density at radius 2 is 1.74 bits per heavy atom. The maximum atomic E-state index is 12.9. The number of nitrogens with one attached hydrogen (secondary N) is 1. The molecule has 1 aliphatic heterocycles. The minimum atomic E-state index is -3.38. The number of likely N-dealkylation sites (tertiary alicyclic amines) is 1. The number of sulfonamides is 1. The van der Waals surface area contributed by atoms with Gasteiger partial charge in [-0.3, -0.25) is 4.79 Å². The summed E-state index contributed by atoms with van der Waals surface area (Å²) in [7, 11) is -3.38. The van der Waals surface area contributed by atoms with Crippen LogP contribution in [0.5, 0.6) is 0 Å². The van der Waals surface area contributed by atoms with E-state index >= 15 is 0 Å². The second-order valence-electron chi connectivity index (χ2n) is 7.15. The summed E-state index contributed by atoms with van der Waals surface area (Å²) in [6.07, 6.45) is 8.71. The van der Waals surface area contributed by atoms with Gasteiger partial charge >= 0.3 is 0 Å². The van der Waals surface area contributed by atoms with E-state index < -0.39 is 15.3 Å². The number of carbonyl (C=O) groups is 1. The van der Waals surface area contributed by atoms with Crippen LogP contribution in [0.2, 0.25) is 0 Å². The molecule has 142 valence electrons. The zero-order valence-corrected chi connectivity index (χ0v) is 15.7. The van der Waals surface area contributed by atoms with Gasteiger partial charge in [-0.2, -0.15) is 0 Å². The van der Waals surface area contributed by atoms with Gasteiger partial charge in [0.15, 0.2) is 0 Å². The standard InChI is InChI=1S/C19H22N4O3S/c24-19(18-8-4-3-7-17(18)14-9-20-13-21-10-14)23-11-16(12-23)27(25,26)22-15-5-1-2-6-15/h3-4,7-10,13,15-16,22H,1-2,5-6,11-12H2. The van der Waals surface area contributed by atoms with Crippen molar-refractivity contribution >= 4 is 15.9 Å². The normalized spacial score (nSPS) is 18.4. The molecule has 27 heavy (non-hydrogen) atoms. The number of amides is 1. The third-order valence-electron chi connectivity index (χ3n) is 5.29. The van der Waals surface area contributed by atoms with Gasteiger partial charge in [0.1, 0.15) is 11.6 Å². The Balaban J connectivity index is 1.45. The van der Waals surface area contributed by atoms with Crippen molar-refractivity contribution < 1.29 is 13.2 Å². The molecule has 1 saturated heterocycles. The van der Waals surface area contributed by atoms with Crippen LogP contribution in [0, 0.1) is 0 Å². The molecule has 0 atom stereocenters. The fourth-order valence-electron chi connectivity index (χ4n) is 3.70. The maximum absolute atomic E-state index is 12.9. The largest absolute Gasteiger partial charge is 0.336 e. The van der Waals surface area contributed by atoms with Gasteiger partial charge in [0.05, 0.1) is 0 Å². The van der Waals surface area contributed by atoms with Crippen LogP contribution in [0.4, 0.5) is 0 Å². The number of hydrogen-bond donors (Lipinski definition) is 1. The quantitative estimate of drug-likeness (QED) is 0.846. The molecule has 0 bridgehead atoms. The highest BCUT2D eigenvalue weighted by Gasteiger charge is 2.41. The molecule has 2 aromatic rings. The molecule has 1 amide bonds. The Morgan fingerprint density at radius 1 is 1.07 bits per heavy atom. The lowest BCUT2D eigenvalue weighted by Crippen LogP contribution is -2.60. The average molecular weight is 386 g/mol. The van der Waals surface area contributed by atoms with Crippen LogP contribution in [-0.4, -0.2) is 53.6 Å². The second kappa shape index (κ2) is 7.36. The Labute approximate surface area is 158 Å². The smallest absolute Gasteiger partial charge is 0.254 e. The topological polar surface area (TPSA) is 92.3 Å². The molecule has 0 radical (unpaired) electrons. The minimum Gasteiger partial charge on any atom is -0.336 e. The number of aromatic nitrogens is 2. The van der Waals surface area contributed by atoms with Crippen molar-refractivity contribution in [3.05, 3.63) is 48.5 Å². The predicted molar refractivity (Wildman–Crippen MR) is 101 cm³/mol. The molecular weight excluding hydrogens is 364 g/mol. The van der Waals surface area contributed by atoms with Crippen LogP contribution in [0.1, 0.15) is 36.0 Å². The summed E-state index contributed by atoms with van der Waals surface area (Å²) >= 11 is 0. The van der Waals surface area contributed by atoms with Crippen LogP contribution in [0.15, 0.2) is 43.0 Å². The second-order valence-corrected chi connectivity index (χ2v) is 9.14. The van der Waals surface area contributed by atoms with E-state index in [4.69, 9.17) is 0 Å². The summed E-state index contributed by atoms with van der Waals surface area (Å²) in [6.45, 7) is 0.445. The minimum absolute atomic E-state index is 0.0542. The van der Waals surface area contributed by atoms with Crippen molar-refractivity contribution in [2.75, 3.05) is 13.1 Å². The Morgan fingerprint density at radius 3 is 2.44 bits per heavy atom. The number of carbonyl (C=O) groups excluding carboxylic acids is 1. The zero-order valence-electron chi connectivity index (χ0n) is 14.9. The van der Waals surface area contributed by atoms with E-state index in [0.717, 1.165) is 36.8 Å². The summed E-state index contributed by atoms with van der Waals surface area (Å²) in [6, 6.07) is 7.31. The number of hydrogen-bond acceptors (Lipinski definition) is 5. The lowest BCUT2D eigenvalue weighted by atomic mass is 10.00. The zero-order chi connectivity index (χ0) is 18.9. The summed E-state index contributed by atoms with van der Waals surface area (Å²) in [5.41, 5.74) is 2.04. The molecule has 1 N–H and O–H groups in total. The molecule has 1 aliphatic carbocycles. The third kappa shape index (κ3) is 3.72. The van der Waals surface area contributed by atoms with Gasteiger partial charge in [0, 0.05) is 42.7 Å². The van der Waals surface area contributed by atoms with Crippen LogP contribution >= 0.6 is 0 Å². The van der Waals surface area contributed by atoms with E-state index in [1.165, 1.54) is 6.33 Å². The van der Waals surface area contributed by atoms with Crippen molar-refractivity contribution in [1.29, 1.82) is 0 Å². The van der Waals surface area contributed by atoms with Crippen molar-refractivity contribution in [2.45, 2.75) is 37.0 Å². The maximum Gasteiger partial charge on any atom is 0.254 e. The van der Waals surface area contributed by atoms with Crippen molar-refractivity contribution in [1.82, 2.24) is 19.6 Å². The van der Waals surface area contributed by atoms with Gasteiger partial charge < -0.3 is 4.90 Å². The Kier molecular flexibility index (Phi) is 4.92. The molecule has 0 unspecified atom stereocenters. The average Bonchev–Trinajstić information content (AvgIpc) is 3.13. The van der Waals surface area contributed by atoms with Gasteiger partial charge in [0.2, 0.25) is 10.0 Å². The van der Waals surface area contributed by atoms with Crippen LogP contribution in [0.3, 0.4) is 0 Å². The lowest BCUT2D eigenvalue weighted by Gasteiger charge is -2.39. The molecular formula is C19H22N4O3S. The van der Waals surface area contributed by atoms with Gasteiger partial charge in [0.25, 0.3) is 5.91 Å². The predicted octanol–water partition coefficient (Wildman–Crippen LogP) is 1.83. The summed E-state index contributed by atoms with van der Waals surface area (Å²) in [5, 5.41) is -0.533. The highest BCUT2D eigenvalue weighted by Crippen LogP contribution is 2.27. The van der Waals surface area contributed by atoms with E-state index in [2.05, 4.69) is 14.7 Å². The van der Waals surface area contributed by atoms with E-state index in [9.17, 15) is 13.2 Å². The van der Waals surface area contributed by atoms with Gasteiger partial charge in [-0.1, -0.05) is 31.0 Å². The SMILES string of the molecule is O=C(c1ccccc1-c1cncnc1)N1CC(S(=O)(=O)NC2CCCC2)C1. The molecule has 1 aromatic carbocycles. The summed E-state index contributed by atoms with van der Waals surface area (Å²) < 4.78 is 27.8. The Hall–Kier alpha value is -2.32. The lowest BCUT2D eigenvalue weighted by molar-refractivity contribution is 0.0659.